The van der Waals surface area contributed by atoms with E-state index in [1.807, 2.05) is 6.92 Å². The van der Waals surface area contributed by atoms with Crippen LogP contribution in [0.25, 0.3) is 0 Å². The molecule has 0 heterocycles. The molecule has 0 unspecified atom stereocenters. The Bertz CT molecular complexity index is 550. The summed E-state index contributed by atoms with van der Waals surface area (Å²) in [5.41, 5.74) is 0.287. The van der Waals surface area contributed by atoms with Crippen molar-refractivity contribution >= 4 is 29.2 Å². The van der Waals surface area contributed by atoms with Gasteiger partial charge in [-0.3, -0.25) is 4.79 Å². The van der Waals surface area contributed by atoms with Gasteiger partial charge in [-0.1, -0.05) is 18.5 Å². The Balaban J connectivity index is 2.72. The van der Waals surface area contributed by atoms with Crippen LogP contribution in [-0.2, 0) is 0 Å². The van der Waals surface area contributed by atoms with E-state index in [2.05, 4.69) is 10.6 Å². The molecule has 0 fully saturated rings. The number of halogens is 4. The van der Waals surface area contributed by atoms with Crippen LogP contribution in [-0.4, -0.2) is 31.2 Å². The maximum atomic E-state index is 12.0. The number of benzene rings is 1. The maximum Gasteiger partial charge on any atom is 0.405 e. The molecule has 3 amide bonds. The molecule has 1 rings (SSSR count). The second-order valence-corrected chi connectivity index (χ2v) is 4.78. The van der Waals surface area contributed by atoms with Crippen molar-refractivity contribution in [2.45, 2.75) is 19.5 Å². The molecule has 0 saturated heterocycles. The summed E-state index contributed by atoms with van der Waals surface area (Å²) in [4.78, 5) is 23.2. The number of urea groups is 1. The smallest absolute Gasteiger partial charge is 0.352 e. The molecule has 0 saturated carbocycles. The molecule has 0 atom stereocenters. The minimum atomic E-state index is -4.50. The molecule has 22 heavy (non-hydrogen) atoms. The van der Waals surface area contributed by atoms with E-state index in [1.165, 1.54) is 18.2 Å². The number of alkyl halides is 3. The Kier molecular flexibility index (Phi) is 6.48. The van der Waals surface area contributed by atoms with Crippen molar-refractivity contribution in [3.63, 3.8) is 0 Å². The lowest BCUT2D eigenvalue weighted by molar-refractivity contribution is -0.122. The van der Waals surface area contributed by atoms with Gasteiger partial charge in [0.2, 0.25) is 0 Å². The Morgan fingerprint density at radius 3 is 2.50 bits per heavy atom. The fraction of sp³-hybridized carbons (Fsp3) is 0.385. The van der Waals surface area contributed by atoms with Gasteiger partial charge in [-0.25, -0.2) is 4.79 Å². The summed E-state index contributed by atoms with van der Waals surface area (Å²) in [6.07, 6.45) is -3.76. The molecule has 9 heteroatoms. The average Bonchev–Trinajstić information content (AvgIpc) is 2.44. The van der Waals surface area contributed by atoms with Crippen LogP contribution in [0.15, 0.2) is 18.2 Å². The molecule has 0 aliphatic rings. The van der Waals surface area contributed by atoms with Crippen LogP contribution in [0.3, 0.4) is 0 Å². The fourth-order valence-corrected chi connectivity index (χ4v) is 1.67. The van der Waals surface area contributed by atoms with Gasteiger partial charge in [-0.15, -0.1) is 0 Å². The van der Waals surface area contributed by atoms with Crippen molar-refractivity contribution in [2.75, 3.05) is 18.4 Å². The number of rotatable bonds is 5. The highest BCUT2D eigenvalue weighted by Crippen LogP contribution is 2.20. The predicted molar refractivity (Wildman–Crippen MR) is 77.2 cm³/mol. The molecule has 0 spiro atoms. The van der Waals surface area contributed by atoms with Gasteiger partial charge >= 0.3 is 12.2 Å². The van der Waals surface area contributed by atoms with Crippen LogP contribution >= 0.6 is 11.6 Å². The number of carbonyl (C=O) groups excluding carboxylic acids is 2. The first-order chi connectivity index (χ1) is 10.2. The van der Waals surface area contributed by atoms with Crippen molar-refractivity contribution in [3.05, 3.63) is 28.8 Å². The molecule has 1 aromatic rings. The van der Waals surface area contributed by atoms with E-state index in [9.17, 15) is 22.8 Å². The third-order valence-electron chi connectivity index (χ3n) is 2.45. The number of amides is 3. The van der Waals surface area contributed by atoms with Gasteiger partial charge in [0, 0.05) is 12.2 Å². The van der Waals surface area contributed by atoms with Crippen LogP contribution in [0.1, 0.15) is 23.7 Å². The standard InChI is InChI=1S/C13H15ClF3N3O2/c1-2-5-18-11(21)9-6-8(3-4-10(9)14)20-12(22)19-7-13(15,16)17/h3-4,6H,2,5,7H2,1H3,(H,18,21)(H2,19,20,22). The van der Waals surface area contributed by atoms with Crippen LogP contribution < -0.4 is 16.0 Å². The Morgan fingerprint density at radius 1 is 1.23 bits per heavy atom. The van der Waals surface area contributed by atoms with E-state index >= 15 is 0 Å². The SMILES string of the molecule is CCCNC(=O)c1cc(NC(=O)NCC(F)(F)F)ccc1Cl. The van der Waals surface area contributed by atoms with Gasteiger partial charge < -0.3 is 16.0 Å². The summed E-state index contributed by atoms with van der Waals surface area (Å²) in [6, 6.07) is 3.02. The molecule has 122 valence electrons. The highest BCUT2D eigenvalue weighted by molar-refractivity contribution is 6.34. The van der Waals surface area contributed by atoms with Crippen LogP contribution in [0.2, 0.25) is 5.02 Å². The Morgan fingerprint density at radius 2 is 1.91 bits per heavy atom. The monoisotopic (exact) mass is 337 g/mol. The highest BCUT2D eigenvalue weighted by Gasteiger charge is 2.27. The minimum absolute atomic E-state index is 0.128. The fourth-order valence-electron chi connectivity index (χ4n) is 1.47. The number of carbonyl (C=O) groups is 2. The van der Waals surface area contributed by atoms with E-state index in [4.69, 9.17) is 11.6 Å². The molecular formula is C13H15ClF3N3O2. The summed E-state index contributed by atoms with van der Waals surface area (Å²) in [5.74, 6) is -0.425. The van der Waals surface area contributed by atoms with Gasteiger partial charge in [0.05, 0.1) is 10.6 Å². The quantitative estimate of drug-likeness (QED) is 0.772. The van der Waals surface area contributed by atoms with Crippen LogP contribution in [0.5, 0.6) is 0 Å². The zero-order valence-electron chi connectivity index (χ0n) is 11.7. The van der Waals surface area contributed by atoms with Gasteiger partial charge in [0.1, 0.15) is 6.54 Å². The molecule has 0 aliphatic carbocycles. The second-order valence-electron chi connectivity index (χ2n) is 4.37. The summed E-state index contributed by atoms with van der Waals surface area (Å²) >= 11 is 5.89. The van der Waals surface area contributed by atoms with Gasteiger partial charge in [0.25, 0.3) is 5.91 Å². The van der Waals surface area contributed by atoms with Crippen LogP contribution in [0, 0.1) is 0 Å². The molecule has 0 aromatic heterocycles. The lowest BCUT2D eigenvalue weighted by Crippen LogP contribution is -2.36. The summed E-state index contributed by atoms with van der Waals surface area (Å²) in [7, 11) is 0. The first-order valence-corrected chi connectivity index (χ1v) is 6.80. The number of hydrogen-bond acceptors (Lipinski definition) is 2. The molecule has 0 radical (unpaired) electrons. The van der Waals surface area contributed by atoms with E-state index < -0.39 is 24.7 Å². The zero-order chi connectivity index (χ0) is 16.8. The van der Waals surface area contributed by atoms with Gasteiger partial charge in [0.15, 0.2) is 0 Å². The first kappa shape index (κ1) is 18.1. The number of hydrogen-bond donors (Lipinski definition) is 3. The van der Waals surface area contributed by atoms with Crippen molar-refractivity contribution in [1.29, 1.82) is 0 Å². The van der Waals surface area contributed by atoms with Crippen molar-refractivity contribution in [2.24, 2.45) is 0 Å². The topological polar surface area (TPSA) is 70.2 Å². The average molecular weight is 338 g/mol. The van der Waals surface area contributed by atoms with Crippen LogP contribution in [0.4, 0.5) is 23.7 Å². The molecular weight excluding hydrogens is 323 g/mol. The Labute approximate surface area is 130 Å². The zero-order valence-corrected chi connectivity index (χ0v) is 12.4. The van der Waals surface area contributed by atoms with Crippen molar-refractivity contribution in [3.8, 4) is 0 Å². The third-order valence-corrected chi connectivity index (χ3v) is 2.78. The molecule has 5 nitrogen and oxygen atoms in total. The molecule has 0 bridgehead atoms. The normalized spacial score (nSPS) is 11.0. The number of anilines is 1. The number of nitrogens with one attached hydrogen (secondary N) is 3. The van der Waals surface area contributed by atoms with E-state index in [0.717, 1.165) is 6.42 Å². The molecule has 0 aliphatic heterocycles. The Hall–Kier alpha value is -1.96. The van der Waals surface area contributed by atoms with E-state index in [1.54, 1.807) is 5.32 Å². The summed E-state index contributed by atoms with van der Waals surface area (Å²) in [6.45, 7) is 0.889. The predicted octanol–water partition coefficient (Wildman–Crippen LogP) is 3.16. The molecule has 1 aromatic carbocycles. The lowest BCUT2D eigenvalue weighted by Gasteiger charge is -2.11. The lowest BCUT2D eigenvalue weighted by atomic mass is 10.2. The second kappa shape index (κ2) is 7.88. The third kappa shape index (κ3) is 6.21. The maximum absolute atomic E-state index is 12.0. The van der Waals surface area contributed by atoms with E-state index in [-0.39, 0.29) is 16.3 Å². The summed E-state index contributed by atoms with van der Waals surface area (Å²) in [5, 5.41) is 6.65. The molecule has 3 N–H and O–H groups in total. The van der Waals surface area contributed by atoms with Crippen molar-refractivity contribution in [1.82, 2.24) is 10.6 Å². The summed E-state index contributed by atoms with van der Waals surface area (Å²) < 4.78 is 35.9. The van der Waals surface area contributed by atoms with Gasteiger partial charge in [-0.05, 0) is 24.6 Å². The van der Waals surface area contributed by atoms with E-state index in [0.29, 0.717) is 6.54 Å². The largest absolute Gasteiger partial charge is 0.405 e. The minimum Gasteiger partial charge on any atom is -0.352 e. The van der Waals surface area contributed by atoms with Gasteiger partial charge in [-0.2, -0.15) is 13.2 Å². The van der Waals surface area contributed by atoms with Crippen molar-refractivity contribution < 1.29 is 22.8 Å². The highest BCUT2D eigenvalue weighted by atomic mass is 35.5. The first-order valence-electron chi connectivity index (χ1n) is 6.42.